The van der Waals surface area contributed by atoms with E-state index in [-0.39, 0.29) is 0 Å². The fourth-order valence-corrected chi connectivity index (χ4v) is 2.07. The molecule has 0 aromatic heterocycles. The maximum Gasteiger partial charge on any atom is 0.519 e. The molecule has 0 aliphatic rings. The lowest BCUT2D eigenvalue weighted by Crippen LogP contribution is -2.14. The largest absolute Gasteiger partial charge is 0.519 e. The molecule has 0 bridgehead atoms. The molecule has 0 unspecified atom stereocenters. The van der Waals surface area contributed by atoms with Crippen LogP contribution < -0.4 is 9.47 Å². The molecule has 2 aromatic carbocycles. The lowest BCUT2D eigenvalue weighted by atomic mass is 10.1. The van der Waals surface area contributed by atoms with Crippen LogP contribution in [0.4, 0.5) is 4.79 Å². The first kappa shape index (κ1) is 17.6. The first-order valence-electron chi connectivity index (χ1n) is 7.55. The number of aryl methyl sites for hydroxylation is 2. The molecular formula is C20H20O4. The zero-order valence-corrected chi connectivity index (χ0v) is 14.2. The molecule has 0 saturated carbocycles. The molecule has 0 saturated heterocycles. The van der Waals surface area contributed by atoms with Gasteiger partial charge in [0, 0.05) is 5.56 Å². The smallest absolute Gasteiger partial charge is 0.395 e. The van der Waals surface area contributed by atoms with Gasteiger partial charge < -0.3 is 14.6 Å². The van der Waals surface area contributed by atoms with Crippen LogP contribution in [0.5, 0.6) is 11.5 Å². The summed E-state index contributed by atoms with van der Waals surface area (Å²) in [4.78, 5) is 11.9. The van der Waals surface area contributed by atoms with Crippen molar-refractivity contribution in [2.75, 3.05) is 0 Å². The van der Waals surface area contributed by atoms with Gasteiger partial charge in [-0.15, -0.1) is 0 Å². The lowest BCUT2D eigenvalue weighted by Gasteiger charge is -2.08. The summed E-state index contributed by atoms with van der Waals surface area (Å²) in [7, 11) is 0. The Balaban J connectivity index is 2.07. The highest BCUT2D eigenvalue weighted by Gasteiger charge is 2.09. The highest BCUT2D eigenvalue weighted by molar-refractivity contribution is 5.67. The van der Waals surface area contributed by atoms with Crippen molar-refractivity contribution in [3.8, 4) is 23.3 Å². The van der Waals surface area contributed by atoms with Crippen LogP contribution in [0.15, 0.2) is 42.5 Å². The predicted molar refractivity (Wildman–Crippen MR) is 92.2 cm³/mol. The Morgan fingerprint density at radius 1 is 1.00 bits per heavy atom. The number of ether oxygens (including phenoxy) is 2. The number of benzene rings is 2. The Hall–Kier alpha value is -2.77. The molecule has 4 nitrogen and oxygen atoms in total. The Morgan fingerprint density at radius 2 is 1.62 bits per heavy atom. The molecular weight excluding hydrogens is 304 g/mol. The summed E-state index contributed by atoms with van der Waals surface area (Å²) in [6.45, 7) is 7.05. The highest BCUT2D eigenvalue weighted by Crippen LogP contribution is 2.18. The van der Waals surface area contributed by atoms with Crippen LogP contribution in [0.2, 0.25) is 0 Å². The molecule has 24 heavy (non-hydrogen) atoms. The van der Waals surface area contributed by atoms with E-state index >= 15 is 0 Å². The molecule has 2 rings (SSSR count). The maximum absolute atomic E-state index is 11.9. The maximum atomic E-state index is 11.9. The van der Waals surface area contributed by atoms with Gasteiger partial charge in [0.1, 0.15) is 17.1 Å². The van der Waals surface area contributed by atoms with E-state index < -0.39 is 11.8 Å². The van der Waals surface area contributed by atoms with E-state index in [2.05, 4.69) is 11.8 Å². The number of hydrogen-bond acceptors (Lipinski definition) is 4. The summed E-state index contributed by atoms with van der Waals surface area (Å²) in [6, 6.07) is 12.2. The number of carbonyl (C=O) groups excluding carboxylic acids is 1. The van der Waals surface area contributed by atoms with Crippen LogP contribution in [0.25, 0.3) is 0 Å². The second-order valence-electron chi connectivity index (χ2n) is 6.11. The zero-order valence-electron chi connectivity index (χ0n) is 14.2. The fourth-order valence-electron chi connectivity index (χ4n) is 2.07. The normalized spacial score (nSPS) is 10.5. The monoisotopic (exact) mass is 324 g/mol. The molecule has 0 aliphatic heterocycles. The Morgan fingerprint density at radius 3 is 2.25 bits per heavy atom. The van der Waals surface area contributed by atoms with Crippen molar-refractivity contribution in [1.29, 1.82) is 0 Å². The molecule has 0 heterocycles. The van der Waals surface area contributed by atoms with E-state index in [1.54, 1.807) is 50.2 Å². The van der Waals surface area contributed by atoms with Gasteiger partial charge in [-0.05, 0) is 69.2 Å². The topological polar surface area (TPSA) is 55.8 Å². The minimum atomic E-state index is -1.08. The molecule has 0 fully saturated rings. The van der Waals surface area contributed by atoms with Gasteiger partial charge in [0.2, 0.25) is 0 Å². The quantitative estimate of drug-likeness (QED) is 0.515. The molecule has 2 aromatic rings. The second kappa shape index (κ2) is 7.20. The highest BCUT2D eigenvalue weighted by atomic mass is 16.7. The standard InChI is InChI=1S/C20H20O4/c1-14-10-15(2)12-18(11-14)24-19(21)23-17-7-5-6-16(13-17)8-9-20(3,4)22/h5-7,10-13,22H,1-4H3. The van der Waals surface area contributed by atoms with Gasteiger partial charge in [-0.1, -0.05) is 24.0 Å². The third-order valence-electron chi connectivity index (χ3n) is 2.94. The van der Waals surface area contributed by atoms with Gasteiger partial charge in [0.15, 0.2) is 0 Å². The van der Waals surface area contributed by atoms with E-state index in [1.807, 2.05) is 19.9 Å². The number of hydrogen-bond donors (Lipinski definition) is 1. The van der Waals surface area contributed by atoms with Gasteiger partial charge >= 0.3 is 6.16 Å². The molecule has 0 spiro atoms. The van der Waals surface area contributed by atoms with Gasteiger partial charge in [0.05, 0.1) is 0 Å². The van der Waals surface area contributed by atoms with Gasteiger partial charge in [-0.25, -0.2) is 4.79 Å². The van der Waals surface area contributed by atoms with Crippen LogP contribution in [0.3, 0.4) is 0 Å². The molecule has 124 valence electrons. The van der Waals surface area contributed by atoms with Gasteiger partial charge in [-0.3, -0.25) is 0 Å². The molecule has 0 atom stereocenters. The van der Waals surface area contributed by atoms with Gasteiger partial charge in [0.25, 0.3) is 0 Å². The summed E-state index contributed by atoms with van der Waals surface area (Å²) >= 11 is 0. The number of rotatable bonds is 2. The van der Waals surface area contributed by atoms with E-state index in [0.717, 1.165) is 11.1 Å². The van der Waals surface area contributed by atoms with Crippen LogP contribution in [0.1, 0.15) is 30.5 Å². The third-order valence-corrected chi connectivity index (χ3v) is 2.94. The minimum Gasteiger partial charge on any atom is -0.395 e. The average Bonchev–Trinajstić information content (AvgIpc) is 2.43. The molecule has 0 aliphatic carbocycles. The Kier molecular flexibility index (Phi) is 5.28. The van der Waals surface area contributed by atoms with E-state index in [1.165, 1.54) is 0 Å². The summed E-state index contributed by atoms with van der Waals surface area (Å²) in [6.07, 6.45) is -0.812. The number of carbonyl (C=O) groups is 1. The van der Waals surface area contributed by atoms with Crippen LogP contribution >= 0.6 is 0 Å². The van der Waals surface area contributed by atoms with Crippen molar-refractivity contribution in [2.45, 2.75) is 33.3 Å². The van der Waals surface area contributed by atoms with E-state index in [4.69, 9.17) is 9.47 Å². The predicted octanol–water partition coefficient (Wildman–Crippen LogP) is 4.00. The molecule has 1 N–H and O–H groups in total. The average molecular weight is 324 g/mol. The minimum absolute atomic E-state index is 0.326. The summed E-state index contributed by atoms with van der Waals surface area (Å²) < 4.78 is 10.4. The van der Waals surface area contributed by atoms with Crippen molar-refractivity contribution in [3.63, 3.8) is 0 Å². The molecule has 0 amide bonds. The number of aliphatic hydroxyl groups is 1. The summed E-state index contributed by atoms with van der Waals surface area (Å²) in [5, 5.41) is 9.62. The van der Waals surface area contributed by atoms with Crippen molar-refractivity contribution < 1.29 is 19.4 Å². The van der Waals surface area contributed by atoms with Crippen LogP contribution in [-0.2, 0) is 0 Å². The first-order chi connectivity index (χ1) is 11.2. The second-order valence-corrected chi connectivity index (χ2v) is 6.11. The zero-order chi connectivity index (χ0) is 17.7. The molecule has 4 heteroatoms. The third kappa shape index (κ3) is 5.79. The van der Waals surface area contributed by atoms with Crippen molar-refractivity contribution in [1.82, 2.24) is 0 Å². The van der Waals surface area contributed by atoms with E-state index in [9.17, 15) is 9.90 Å². The fraction of sp³-hybridized carbons (Fsp3) is 0.250. The summed E-state index contributed by atoms with van der Waals surface area (Å²) in [5.74, 6) is 6.30. The van der Waals surface area contributed by atoms with E-state index in [0.29, 0.717) is 17.1 Å². The lowest BCUT2D eigenvalue weighted by molar-refractivity contribution is 0.143. The first-order valence-corrected chi connectivity index (χ1v) is 7.55. The Bertz CT molecular complexity index is 784. The Labute approximate surface area is 142 Å². The van der Waals surface area contributed by atoms with Crippen LogP contribution in [0, 0.1) is 25.7 Å². The van der Waals surface area contributed by atoms with Crippen molar-refractivity contribution in [3.05, 3.63) is 59.2 Å². The van der Waals surface area contributed by atoms with Gasteiger partial charge in [-0.2, -0.15) is 0 Å². The van der Waals surface area contributed by atoms with Crippen LogP contribution in [-0.4, -0.2) is 16.9 Å². The van der Waals surface area contributed by atoms with Crippen molar-refractivity contribution >= 4 is 6.16 Å². The van der Waals surface area contributed by atoms with Crippen molar-refractivity contribution in [2.24, 2.45) is 0 Å². The SMILES string of the molecule is Cc1cc(C)cc(OC(=O)Oc2cccc(C#CC(C)(C)O)c2)c1. The molecule has 0 radical (unpaired) electrons. The summed E-state index contributed by atoms with van der Waals surface area (Å²) in [5.41, 5.74) is 1.55.